The highest BCUT2D eigenvalue weighted by Crippen LogP contribution is 2.34. The largest absolute Gasteiger partial charge is 0.249 e. The fraction of sp³-hybridized carbons (Fsp3) is 0.444. The summed E-state index contributed by atoms with van der Waals surface area (Å²) in [5.41, 5.74) is 3.77. The van der Waals surface area contributed by atoms with Crippen LogP contribution in [0.15, 0.2) is 41.9 Å². The molecule has 2 rings (SSSR count). The van der Waals surface area contributed by atoms with Crippen molar-refractivity contribution in [3.63, 3.8) is 0 Å². The highest BCUT2D eigenvalue weighted by Gasteiger charge is 2.14. The lowest BCUT2D eigenvalue weighted by Crippen LogP contribution is -2.24. The van der Waals surface area contributed by atoms with Crippen molar-refractivity contribution in [3.8, 4) is 0 Å². The molecule has 0 unspecified atom stereocenters. The van der Waals surface area contributed by atoms with Crippen LogP contribution in [0.25, 0.3) is 0 Å². The maximum atomic E-state index is 4.95. The number of aryl methyl sites for hydroxylation is 1. The van der Waals surface area contributed by atoms with Gasteiger partial charge in [0.1, 0.15) is 12.4 Å². The lowest BCUT2D eigenvalue weighted by atomic mass is 9.93. The van der Waals surface area contributed by atoms with E-state index in [1.807, 2.05) is 30.3 Å². The van der Waals surface area contributed by atoms with Gasteiger partial charge in [0.15, 0.2) is 5.84 Å². The molecule has 0 fully saturated rings. The van der Waals surface area contributed by atoms with Crippen molar-refractivity contribution in [1.29, 1.82) is 0 Å². The quantitative estimate of drug-likeness (QED) is 0.458. The third-order valence-electron chi connectivity index (χ3n) is 3.76. The molecule has 3 heteroatoms. The number of nitrogens with zero attached hydrogens (tertiary/aromatic N) is 3. The van der Waals surface area contributed by atoms with Crippen molar-refractivity contribution in [3.05, 3.63) is 48.0 Å². The first-order chi connectivity index (χ1) is 9.90. The van der Waals surface area contributed by atoms with Crippen LogP contribution in [0.1, 0.15) is 57.6 Å². The molecule has 1 aromatic carbocycles. The van der Waals surface area contributed by atoms with Gasteiger partial charge in [-0.1, -0.05) is 45.9 Å². The molecule has 1 heterocycles. The third-order valence-corrected chi connectivity index (χ3v) is 3.76. The normalized spacial score (nSPS) is 12.5. The second-order valence-corrected chi connectivity index (χ2v) is 6.24. The van der Waals surface area contributed by atoms with Crippen LogP contribution in [-0.4, -0.2) is 10.4 Å². The minimum absolute atomic E-state index is 0.469. The van der Waals surface area contributed by atoms with Gasteiger partial charge in [-0.2, -0.15) is 4.57 Å². The number of aliphatic imine (C=N–C) groups is 1. The highest BCUT2D eigenvalue weighted by atomic mass is 15.1. The minimum Gasteiger partial charge on any atom is -0.239 e. The molecule has 1 aromatic heterocycles. The van der Waals surface area contributed by atoms with Crippen LogP contribution in [0.5, 0.6) is 0 Å². The second-order valence-electron chi connectivity index (χ2n) is 6.24. The summed E-state index contributed by atoms with van der Waals surface area (Å²) in [4.78, 5) is 4.95. The standard InChI is InChI=1S/C18H26N3/c1-13(2)16-8-7-9-17(14(3)4)18(16)19-15(5)21-11-10-20(6)12-21/h7-14H,1-6H3/q+1/b19-15+. The van der Waals surface area contributed by atoms with Crippen LogP contribution in [-0.2, 0) is 7.05 Å². The van der Waals surface area contributed by atoms with Gasteiger partial charge in [-0.3, -0.25) is 0 Å². The van der Waals surface area contributed by atoms with E-state index in [1.54, 1.807) is 0 Å². The monoisotopic (exact) mass is 284 g/mol. The van der Waals surface area contributed by atoms with Crippen molar-refractivity contribution >= 4 is 11.5 Å². The molecule has 2 aromatic rings. The topological polar surface area (TPSA) is 21.2 Å². The number of para-hydroxylation sites is 1. The molecule has 0 N–H and O–H groups in total. The molecule has 0 radical (unpaired) electrons. The number of rotatable bonds is 3. The van der Waals surface area contributed by atoms with E-state index < -0.39 is 0 Å². The molecular formula is C18H26N3+. The minimum atomic E-state index is 0.469. The number of benzene rings is 1. The Morgan fingerprint density at radius 1 is 1.10 bits per heavy atom. The smallest absolute Gasteiger partial charge is 0.239 e. The lowest BCUT2D eigenvalue weighted by Gasteiger charge is -2.16. The number of hydrogen-bond acceptors (Lipinski definition) is 1. The Kier molecular flexibility index (Phi) is 4.61. The Morgan fingerprint density at radius 3 is 2.10 bits per heavy atom. The van der Waals surface area contributed by atoms with Gasteiger partial charge < -0.3 is 0 Å². The molecule has 3 nitrogen and oxygen atoms in total. The molecule has 0 aliphatic rings. The molecule has 0 bridgehead atoms. The van der Waals surface area contributed by atoms with Crippen LogP contribution in [0.2, 0.25) is 0 Å². The SMILES string of the molecule is C/C(=N\c1c(C(C)C)cccc1C(C)C)n1cc[n+](C)c1. The molecule has 0 aliphatic heterocycles. The zero-order valence-electron chi connectivity index (χ0n) is 14.0. The zero-order chi connectivity index (χ0) is 15.6. The van der Waals surface area contributed by atoms with Gasteiger partial charge in [0.05, 0.1) is 12.7 Å². The fourth-order valence-electron chi connectivity index (χ4n) is 2.50. The molecule has 112 valence electrons. The van der Waals surface area contributed by atoms with E-state index in [0.29, 0.717) is 11.8 Å². The molecule has 0 saturated heterocycles. The maximum Gasteiger partial charge on any atom is 0.249 e. The van der Waals surface area contributed by atoms with Crippen molar-refractivity contribution < 1.29 is 4.57 Å². The van der Waals surface area contributed by atoms with Crippen LogP contribution in [0.3, 0.4) is 0 Å². The molecule has 0 spiro atoms. The van der Waals surface area contributed by atoms with Crippen molar-refractivity contribution in [2.24, 2.45) is 12.0 Å². The van der Waals surface area contributed by atoms with Crippen molar-refractivity contribution in [1.82, 2.24) is 4.57 Å². The molecule has 0 aliphatic carbocycles. The highest BCUT2D eigenvalue weighted by molar-refractivity contribution is 5.85. The Morgan fingerprint density at radius 2 is 1.67 bits per heavy atom. The first kappa shape index (κ1) is 15.5. The maximum absolute atomic E-state index is 4.95. The summed E-state index contributed by atoms with van der Waals surface area (Å²) in [6, 6.07) is 6.53. The first-order valence-corrected chi connectivity index (χ1v) is 7.61. The summed E-state index contributed by atoms with van der Waals surface area (Å²) in [6.07, 6.45) is 6.09. The van der Waals surface area contributed by atoms with E-state index in [-0.39, 0.29) is 0 Å². The van der Waals surface area contributed by atoms with Crippen LogP contribution >= 0.6 is 0 Å². The fourth-order valence-corrected chi connectivity index (χ4v) is 2.50. The summed E-state index contributed by atoms with van der Waals surface area (Å²) in [7, 11) is 2.02. The Balaban J connectivity index is 2.56. The van der Waals surface area contributed by atoms with Gasteiger partial charge >= 0.3 is 0 Å². The molecule has 0 amide bonds. The lowest BCUT2D eigenvalue weighted by molar-refractivity contribution is -0.670. The molecule has 0 saturated carbocycles. The van der Waals surface area contributed by atoms with Crippen LogP contribution in [0.4, 0.5) is 5.69 Å². The molecule has 21 heavy (non-hydrogen) atoms. The predicted molar refractivity (Wildman–Crippen MR) is 88.4 cm³/mol. The average Bonchev–Trinajstić information content (AvgIpc) is 2.85. The summed E-state index contributed by atoms with van der Waals surface area (Å²) in [5.74, 6) is 1.93. The zero-order valence-corrected chi connectivity index (χ0v) is 14.0. The van der Waals surface area contributed by atoms with E-state index in [0.717, 1.165) is 11.5 Å². The number of imidazole rings is 1. The van der Waals surface area contributed by atoms with E-state index in [9.17, 15) is 0 Å². The molecular weight excluding hydrogens is 258 g/mol. The Bertz CT molecular complexity index is 622. The van der Waals surface area contributed by atoms with Crippen LogP contribution < -0.4 is 4.57 Å². The van der Waals surface area contributed by atoms with Gasteiger partial charge in [0.2, 0.25) is 6.33 Å². The van der Waals surface area contributed by atoms with E-state index in [4.69, 9.17) is 4.99 Å². The van der Waals surface area contributed by atoms with E-state index in [1.165, 1.54) is 11.1 Å². The number of aromatic nitrogens is 2. The van der Waals surface area contributed by atoms with Gasteiger partial charge in [0.25, 0.3) is 0 Å². The Labute approximate surface area is 128 Å². The van der Waals surface area contributed by atoms with Crippen LogP contribution in [0, 0.1) is 0 Å². The van der Waals surface area contributed by atoms with Gasteiger partial charge in [-0.25, -0.2) is 9.56 Å². The number of hydrogen-bond donors (Lipinski definition) is 0. The Hall–Kier alpha value is -1.90. The van der Waals surface area contributed by atoms with Crippen molar-refractivity contribution in [2.45, 2.75) is 46.5 Å². The van der Waals surface area contributed by atoms with Gasteiger partial charge in [-0.15, -0.1) is 0 Å². The van der Waals surface area contributed by atoms with Gasteiger partial charge in [0, 0.05) is 6.92 Å². The first-order valence-electron chi connectivity index (χ1n) is 7.61. The summed E-state index contributed by atoms with van der Waals surface area (Å²) < 4.78 is 4.08. The summed E-state index contributed by atoms with van der Waals surface area (Å²) in [5, 5.41) is 0. The average molecular weight is 284 g/mol. The predicted octanol–water partition coefficient (Wildman–Crippen LogP) is 4.16. The van der Waals surface area contributed by atoms with E-state index in [2.05, 4.69) is 57.4 Å². The third kappa shape index (κ3) is 3.41. The van der Waals surface area contributed by atoms with E-state index >= 15 is 0 Å². The summed E-state index contributed by atoms with van der Waals surface area (Å²) in [6.45, 7) is 11.0. The summed E-state index contributed by atoms with van der Waals surface area (Å²) >= 11 is 0. The van der Waals surface area contributed by atoms with Crippen molar-refractivity contribution in [2.75, 3.05) is 0 Å². The second kappa shape index (κ2) is 6.25. The van der Waals surface area contributed by atoms with Gasteiger partial charge in [-0.05, 0) is 23.0 Å². The molecule has 0 atom stereocenters.